The van der Waals surface area contributed by atoms with Gasteiger partial charge in [0.15, 0.2) is 0 Å². The third kappa shape index (κ3) is 8.70. The van der Waals surface area contributed by atoms with Gasteiger partial charge in [0.25, 0.3) is 0 Å². The van der Waals surface area contributed by atoms with Gasteiger partial charge in [-0.15, -0.1) is 0 Å². The minimum atomic E-state index is -1.24. The van der Waals surface area contributed by atoms with E-state index in [9.17, 15) is 29.4 Å². The van der Waals surface area contributed by atoms with E-state index in [4.69, 9.17) is 5.73 Å². The van der Waals surface area contributed by atoms with Gasteiger partial charge in [-0.1, -0.05) is 56.3 Å². The van der Waals surface area contributed by atoms with Crippen LogP contribution < -0.4 is 21.7 Å². The van der Waals surface area contributed by atoms with Gasteiger partial charge < -0.3 is 31.9 Å². The van der Waals surface area contributed by atoms with Crippen LogP contribution in [0.15, 0.2) is 54.6 Å². The van der Waals surface area contributed by atoms with Gasteiger partial charge in [-0.3, -0.25) is 14.4 Å². The SMILES string of the molecule is CC(NC(=O)C(N)Cc1ccccc1)C(=O)NC(C(=O)NC(Cc1ccc(O)cc1)C(=O)O)C(C)C. The molecule has 0 aromatic heterocycles. The maximum absolute atomic E-state index is 12.9. The number of carbonyl (C=O) groups excluding carboxylic acids is 3. The quantitative estimate of drug-likeness (QED) is 0.250. The molecule has 4 atom stereocenters. The number of benzene rings is 2. The fraction of sp³-hybridized carbons (Fsp3) is 0.385. The topological polar surface area (TPSA) is 171 Å². The Morgan fingerprint density at radius 2 is 1.36 bits per heavy atom. The van der Waals surface area contributed by atoms with Gasteiger partial charge in [-0.25, -0.2) is 4.79 Å². The van der Waals surface area contributed by atoms with Gasteiger partial charge in [0.1, 0.15) is 23.9 Å². The molecule has 0 aliphatic heterocycles. The van der Waals surface area contributed by atoms with E-state index in [1.807, 2.05) is 30.3 Å². The van der Waals surface area contributed by atoms with Crippen LogP contribution >= 0.6 is 0 Å². The summed E-state index contributed by atoms with van der Waals surface area (Å²) >= 11 is 0. The molecule has 10 nitrogen and oxygen atoms in total. The first-order valence-corrected chi connectivity index (χ1v) is 11.7. The van der Waals surface area contributed by atoms with Crippen molar-refractivity contribution in [2.45, 2.75) is 57.8 Å². The van der Waals surface area contributed by atoms with E-state index in [-0.39, 0.29) is 18.1 Å². The summed E-state index contributed by atoms with van der Waals surface area (Å²) in [6.45, 7) is 4.89. The normalized spacial score (nSPS) is 14.2. The summed E-state index contributed by atoms with van der Waals surface area (Å²) in [5.41, 5.74) is 7.46. The molecule has 2 aromatic carbocycles. The number of hydrogen-bond donors (Lipinski definition) is 6. The zero-order chi connectivity index (χ0) is 26.8. The highest BCUT2D eigenvalue weighted by atomic mass is 16.4. The molecule has 0 spiro atoms. The van der Waals surface area contributed by atoms with E-state index >= 15 is 0 Å². The van der Waals surface area contributed by atoms with Crippen molar-refractivity contribution in [2.24, 2.45) is 11.7 Å². The highest BCUT2D eigenvalue weighted by Gasteiger charge is 2.30. The number of hydrogen-bond acceptors (Lipinski definition) is 6. The van der Waals surface area contributed by atoms with Crippen molar-refractivity contribution in [1.82, 2.24) is 16.0 Å². The van der Waals surface area contributed by atoms with Gasteiger partial charge in [0, 0.05) is 6.42 Å². The number of phenols is 1. The highest BCUT2D eigenvalue weighted by molar-refractivity contribution is 5.94. The summed E-state index contributed by atoms with van der Waals surface area (Å²) in [5.74, 6) is -3.33. The first kappa shape index (κ1) is 28.3. The number of aliphatic carboxylic acids is 1. The Labute approximate surface area is 210 Å². The molecule has 0 aliphatic rings. The minimum Gasteiger partial charge on any atom is -0.508 e. The maximum Gasteiger partial charge on any atom is 0.326 e. The molecular weight excluding hydrogens is 464 g/mol. The van der Waals surface area contributed by atoms with Crippen LogP contribution in [0.2, 0.25) is 0 Å². The number of phenolic OH excluding ortho intramolecular Hbond substituents is 1. The van der Waals surface area contributed by atoms with Gasteiger partial charge >= 0.3 is 5.97 Å². The smallest absolute Gasteiger partial charge is 0.326 e. The largest absolute Gasteiger partial charge is 0.508 e. The molecule has 7 N–H and O–H groups in total. The van der Waals surface area contributed by atoms with Crippen molar-refractivity contribution in [1.29, 1.82) is 0 Å². The number of nitrogens with one attached hydrogen (secondary N) is 3. The van der Waals surface area contributed by atoms with Gasteiger partial charge in [-0.05, 0) is 42.5 Å². The summed E-state index contributed by atoms with van der Waals surface area (Å²) in [6.07, 6.45) is 0.293. The first-order valence-electron chi connectivity index (χ1n) is 11.7. The number of amides is 3. The lowest BCUT2D eigenvalue weighted by Gasteiger charge is -2.26. The third-order valence-corrected chi connectivity index (χ3v) is 5.62. The molecule has 0 bridgehead atoms. The number of carboxylic acid groups (broad SMARTS) is 1. The Balaban J connectivity index is 1.97. The Morgan fingerprint density at radius 1 is 0.778 bits per heavy atom. The molecular formula is C26H34N4O6. The number of carboxylic acids is 1. The second kappa shape index (κ2) is 13.2. The Bertz CT molecular complexity index is 1040. The molecule has 3 amide bonds. The lowest BCUT2D eigenvalue weighted by Crippen LogP contribution is -2.58. The maximum atomic E-state index is 12.9. The Kier molecular flexibility index (Phi) is 10.4. The van der Waals surface area contributed by atoms with E-state index < -0.39 is 47.9 Å². The van der Waals surface area contributed by atoms with Crippen LogP contribution in [0.5, 0.6) is 5.75 Å². The van der Waals surface area contributed by atoms with Gasteiger partial charge in [0.2, 0.25) is 17.7 Å². The molecule has 0 saturated carbocycles. The van der Waals surface area contributed by atoms with Crippen molar-refractivity contribution in [3.63, 3.8) is 0 Å². The first-order chi connectivity index (χ1) is 17.0. The monoisotopic (exact) mass is 498 g/mol. The van der Waals surface area contributed by atoms with Crippen molar-refractivity contribution in [3.8, 4) is 5.75 Å². The molecule has 194 valence electrons. The van der Waals surface area contributed by atoms with E-state index in [0.29, 0.717) is 12.0 Å². The lowest BCUT2D eigenvalue weighted by molar-refractivity contribution is -0.142. The third-order valence-electron chi connectivity index (χ3n) is 5.62. The van der Waals surface area contributed by atoms with Gasteiger partial charge in [0.05, 0.1) is 6.04 Å². The van der Waals surface area contributed by atoms with Crippen molar-refractivity contribution in [2.75, 3.05) is 0 Å². The Hall–Kier alpha value is -3.92. The zero-order valence-electron chi connectivity index (χ0n) is 20.6. The van der Waals surface area contributed by atoms with Crippen LogP contribution in [0.3, 0.4) is 0 Å². The van der Waals surface area contributed by atoms with Gasteiger partial charge in [-0.2, -0.15) is 0 Å². The molecule has 2 aromatic rings. The molecule has 10 heteroatoms. The summed E-state index contributed by atoms with van der Waals surface area (Å²) in [4.78, 5) is 49.8. The molecule has 0 radical (unpaired) electrons. The second-order valence-electron chi connectivity index (χ2n) is 9.03. The van der Waals surface area contributed by atoms with Crippen LogP contribution in [0.25, 0.3) is 0 Å². The van der Waals surface area contributed by atoms with Crippen LogP contribution in [-0.4, -0.2) is 58.1 Å². The fourth-order valence-electron chi connectivity index (χ4n) is 3.49. The van der Waals surface area contributed by atoms with E-state index in [0.717, 1.165) is 5.56 Å². The van der Waals surface area contributed by atoms with E-state index in [1.54, 1.807) is 26.0 Å². The highest BCUT2D eigenvalue weighted by Crippen LogP contribution is 2.12. The zero-order valence-corrected chi connectivity index (χ0v) is 20.6. The number of carbonyl (C=O) groups is 4. The predicted octanol–water partition coefficient (Wildman–Crippen LogP) is 0.720. The fourth-order valence-corrected chi connectivity index (χ4v) is 3.49. The van der Waals surface area contributed by atoms with Crippen LogP contribution in [0.4, 0.5) is 0 Å². The van der Waals surface area contributed by atoms with Crippen LogP contribution in [-0.2, 0) is 32.0 Å². The Morgan fingerprint density at radius 3 is 1.92 bits per heavy atom. The summed E-state index contributed by atoms with van der Waals surface area (Å²) in [6, 6.07) is 11.1. The molecule has 4 unspecified atom stereocenters. The summed E-state index contributed by atoms with van der Waals surface area (Å²) in [5, 5.41) is 26.6. The molecule has 0 aliphatic carbocycles. The second-order valence-corrected chi connectivity index (χ2v) is 9.03. The summed E-state index contributed by atoms with van der Waals surface area (Å²) in [7, 11) is 0. The number of nitrogens with two attached hydrogens (primary N) is 1. The van der Waals surface area contributed by atoms with Crippen molar-refractivity contribution >= 4 is 23.7 Å². The molecule has 2 rings (SSSR count). The van der Waals surface area contributed by atoms with Crippen molar-refractivity contribution < 1.29 is 29.4 Å². The molecule has 0 fully saturated rings. The molecule has 0 heterocycles. The minimum absolute atomic E-state index is 0.00806. The standard InChI is InChI=1S/C26H34N4O6/c1-15(2)22(25(34)29-21(26(35)36)14-18-9-11-19(31)12-10-18)30-23(32)16(3)28-24(33)20(27)13-17-7-5-4-6-8-17/h4-12,15-16,20-22,31H,13-14,27H2,1-3H3,(H,28,33)(H,29,34)(H,30,32)(H,35,36). The van der Waals surface area contributed by atoms with Crippen LogP contribution in [0.1, 0.15) is 31.9 Å². The number of rotatable bonds is 12. The van der Waals surface area contributed by atoms with Crippen LogP contribution in [0, 0.1) is 5.92 Å². The summed E-state index contributed by atoms with van der Waals surface area (Å²) < 4.78 is 0. The lowest BCUT2D eigenvalue weighted by atomic mass is 10.0. The molecule has 36 heavy (non-hydrogen) atoms. The average molecular weight is 499 g/mol. The van der Waals surface area contributed by atoms with E-state index in [2.05, 4.69) is 16.0 Å². The average Bonchev–Trinajstić information content (AvgIpc) is 2.83. The number of aromatic hydroxyl groups is 1. The van der Waals surface area contributed by atoms with E-state index in [1.165, 1.54) is 19.1 Å². The van der Waals surface area contributed by atoms with Crippen molar-refractivity contribution in [3.05, 3.63) is 65.7 Å². The molecule has 0 saturated heterocycles. The predicted molar refractivity (Wildman–Crippen MR) is 134 cm³/mol.